The molecule has 256 valence electrons. The van der Waals surface area contributed by atoms with Crippen LogP contribution in [-0.4, -0.2) is 120 Å². The van der Waals surface area contributed by atoms with E-state index in [1.807, 2.05) is 53.6 Å². The van der Waals surface area contributed by atoms with Gasteiger partial charge in [0.1, 0.15) is 4.32 Å². The zero-order chi connectivity index (χ0) is 34.1. The Balaban J connectivity index is 0.977. The molecule has 4 aliphatic heterocycles. The number of methoxy groups -OCH3 is 1. The quantitative estimate of drug-likeness (QED) is 0.0948. The maximum absolute atomic E-state index is 13.5. The van der Waals surface area contributed by atoms with Crippen LogP contribution in [0.4, 0.5) is 5.69 Å². The molecule has 2 fully saturated rings. The van der Waals surface area contributed by atoms with Crippen LogP contribution in [0.5, 0.6) is 11.5 Å². The molecule has 12 heteroatoms. The second-order valence-electron chi connectivity index (χ2n) is 13.4. The third-order valence-corrected chi connectivity index (χ3v) is 11.1. The van der Waals surface area contributed by atoms with E-state index in [1.165, 1.54) is 4.90 Å². The van der Waals surface area contributed by atoms with E-state index in [0.29, 0.717) is 57.8 Å². The van der Waals surface area contributed by atoms with Gasteiger partial charge in [-0.15, -0.1) is 12.6 Å². The molecule has 7 rings (SSSR count). The first-order valence-corrected chi connectivity index (χ1v) is 18.0. The molecule has 0 N–H and O–H groups in total. The fourth-order valence-corrected chi connectivity index (χ4v) is 8.22. The topological polar surface area (TPSA) is 91.8 Å². The fraction of sp³-hybridized carbons (Fsp3) is 0.432. The summed E-state index contributed by atoms with van der Waals surface area (Å²) in [6.07, 6.45) is 6.28. The third kappa shape index (κ3) is 6.53. The molecule has 4 heterocycles. The number of thiol groups is 1. The number of fused-ring (bicyclic) bond motifs is 2. The number of unbranched alkanes of at least 4 members (excludes halogenated alkanes) is 1. The number of thiocarbonyl (C=S) groups is 1. The minimum Gasteiger partial charge on any atom is -0.493 e. The lowest BCUT2D eigenvalue weighted by atomic mass is 9.94. The second kappa shape index (κ2) is 14.1. The van der Waals surface area contributed by atoms with Crippen LogP contribution in [0.25, 0.3) is 10.8 Å². The number of amides is 3. The summed E-state index contributed by atoms with van der Waals surface area (Å²) >= 11 is 9.77. The van der Waals surface area contributed by atoms with Crippen LogP contribution >= 0.6 is 24.8 Å². The van der Waals surface area contributed by atoms with E-state index in [9.17, 15) is 14.4 Å². The minimum absolute atomic E-state index is 0.0103. The molecule has 3 aromatic carbocycles. The van der Waals surface area contributed by atoms with E-state index in [4.69, 9.17) is 21.7 Å². The minimum atomic E-state index is -0.216. The third-order valence-electron chi connectivity index (χ3n) is 10.6. The van der Waals surface area contributed by atoms with E-state index in [2.05, 4.69) is 22.5 Å². The molecule has 3 amide bonds. The smallest absolute Gasteiger partial charge is 0.261 e. The lowest BCUT2D eigenvalue weighted by Crippen LogP contribution is -2.61. The number of carbonyl (C=O) groups is 3. The zero-order valence-electron chi connectivity index (χ0n) is 27.8. The van der Waals surface area contributed by atoms with E-state index >= 15 is 0 Å². The van der Waals surface area contributed by atoms with Crippen LogP contribution in [-0.2, 0) is 0 Å². The van der Waals surface area contributed by atoms with Crippen molar-refractivity contribution in [1.29, 1.82) is 0 Å². The van der Waals surface area contributed by atoms with Crippen molar-refractivity contribution in [3.8, 4) is 11.5 Å². The van der Waals surface area contributed by atoms with Crippen molar-refractivity contribution in [3.63, 3.8) is 0 Å². The number of benzene rings is 3. The Hall–Kier alpha value is -4.00. The van der Waals surface area contributed by atoms with Gasteiger partial charge in [-0.2, -0.15) is 0 Å². The lowest BCUT2D eigenvalue weighted by molar-refractivity contribution is -0.931. The second-order valence-corrected chi connectivity index (χ2v) is 14.5. The zero-order valence-corrected chi connectivity index (χ0v) is 29.5. The molecule has 49 heavy (non-hydrogen) atoms. The Bertz CT molecular complexity index is 1790. The van der Waals surface area contributed by atoms with E-state index in [0.717, 1.165) is 86.8 Å². The molecule has 2 saturated heterocycles. The summed E-state index contributed by atoms with van der Waals surface area (Å²) in [7, 11) is 1.59. The molecule has 0 radical (unpaired) electrons. The molecule has 4 aliphatic rings. The van der Waals surface area contributed by atoms with Crippen molar-refractivity contribution in [2.45, 2.75) is 38.1 Å². The van der Waals surface area contributed by atoms with Gasteiger partial charge in [0, 0.05) is 48.3 Å². The van der Waals surface area contributed by atoms with Crippen LogP contribution in [0.15, 0.2) is 53.5 Å². The standard InChI is InChI=1S/C37H41N5O5S2/c1-46-31-22-29-30(38-24-26-10-6-13-40(26)36(29)45)23-32(31)47-21-3-2-17-42(19-15-39(16-20-42)37(48)49)18-7-14-41-34(43)27-11-4-8-25-9-5-12-28(33(25)27)35(41)44/h4-5,8-9,11-12,22-24,26H,2-3,6-7,10,13-21H2,1H3/p+1/t26-/m0/s1. The van der Waals surface area contributed by atoms with Gasteiger partial charge in [0.25, 0.3) is 17.7 Å². The van der Waals surface area contributed by atoms with Gasteiger partial charge in [-0.25, -0.2) is 0 Å². The number of aliphatic imine (C=N–C) groups is 1. The average molecular weight is 701 g/mol. The molecule has 0 bridgehead atoms. The van der Waals surface area contributed by atoms with Gasteiger partial charge in [0.05, 0.1) is 70.3 Å². The summed E-state index contributed by atoms with van der Waals surface area (Å²) in [5.74, 6) is 0.673. The Kier molecular flexibility index (Phi) is 9.63. The largest absolute Gasteiger partial charge is 0.493 e. The summed E-state index contributed by atoms with van der Waals surface area (Å²) in [6.45, 7) is 6.87. The number of rotatable bonds is 11. The van der Waals surface area contributed by atoms with Crippen molar-refractivity contribution in [1.82, 2.24) is 14.7 Å². The van der Waals surface area contributed by atoms with Gasteiger partial charge >= 0.3 is 0 Å². The highest BCUT2D eigenvalue weighted by Crippen LogP contribution is 2.38. The van der Waals surface area contributed by atoms with Crippen molar-refractivity contribution in [2.24, 2.45) is 4.99 Å². The lowest BCUT2D eigenvalue weighted by Gasteiger charge is -2.45. The number of carbonyl (C=O) groups excluding carboxylic acids is 3. The number of piperazine rings is 1. The maximum Gasteiger partial charge on any atom is 0.261 e. The number of ether oxygens (including phenoxy) is 2. The first kappa shape index (κ1) is 33.5. The van der Waals surface area contributed by atoms with Crippen molar-refractivity contribution < 1.29 is 28.3 Å². The highest BCUT2D eigenvalue weighted by Gasteiger charge is 2.36. The summed E-state index contributed by atoms with van der Waals surface area (Å²) in [6, 6.07) is 14.9. The predicted octanol–water partition coefficient (Wildman–Crippen LogP) is 5.36. The van der Waals surface area contributed by atoms with Gasteiger partial charge in [0.15, 0.2) is 11.5 Å². The molecule has 10 nitrogen and oxygen atoms in total. The Morgan fingerprint density at radius 2 is 1.63 bits per heavy atom. The Morgan fingerprint density at radius 3 is 2.33 bits per heavy atom. The van der Waals surface area contributed by atoms with Crippen LogP contribution < -0.4 is 9.47 Å². The molecule has 0 aromatic heterocycles. The van der Waals surface area contributed by atoms with Gasteiger partial charge in [0.2, 0.25) is 0 Å². The van der Waals surface area contributed by atoms with Crippen molar-refractivity contribution >= 4 is 69.6 Å². The van der Waals surface area contributed by atoms with E-state index in [-0.39, 0.29) is 23.8 Å². The summed E-state index contributed by atoms with van der Waals surface area (Å²) in [4.78, 5) is 50.3. The van der Waals surface area contributed by atoms with Gasteiger partial charge in [-0.05, 0) is 49.3 Å². The fourth-order valence-electron chi connectivity index (χ4n) is 7.84. The summed E-state index contributed by atoms with van der Waals surface area (Å²) < 4.78 is 13.4. The van der Waals surface area contributed by atoms with Gasteiger partial charge in [-0.1, -0.05) is 36.5 Å². The Labute approximate surface area is 297 Å². The molecular weight excluding hydrogens is 659 g/mol. The molecule has 0 unspecified atom stereocenters. The Morgan fingerprint density at radius 1 is 0.918 bits per heavy atom. The molecule has 0 spiro atoms. The van der Waals surface area contributed by atoms with Crippen LogP contribution in [0, 0.1) is 0 Å². The van der Waals surface area contributed by atoms with Crippen LogP contribution in [0.2, 0.25) is 0 Å². The molecular formula is C37H42N5O5S2+. The van der Waals surface area contributed by atoms with E-state index < -0.39 is 0 Å². The normalized spacial score (nSPS) is 19.6. The number of nitrogens with zero attached hydrogens (tertiary/aromatic N) is 5. The van der Waals surface area contributed by atoms with Crippen molar-refractivity contribution in [3.05, 3.63) is 65.2 Å². The predicted molar refractivity (Wildman–Crippen MR) is 197 cm³/mol. The average Bonchev–Trinajstić information content (AvgIpc) is 3.55. The first-order chi connectivity index (χ1) is 23.8. The number of hydrogen-bond donors (Lipinski definition) is 1. The molecule has 3 aromatic rings. The number of quaternary nitrogens is 1. The molecule has 0 saturated carbocycles. The first-order valence-electron chi connectivity index (χ1n) is 17.2. The highest BCUT2D eigenvalue weighted by molar-refractivity contribution is 8.10. The molecule has 1 atom stereocenters. The SMILES string of the molecule is COc1cc2c(cc1OCCCC[N+]1(CCCN3C(=O)c4cccc5cccc(c45)C3=O)CCN(C(=S)S)CC1)N=C[C@@H]1CCCN1C2=O. The highest BCUT2D eigenvalue weighted by atomic mass is 32.1. The van der Waals surface area contributed by atoms with Crippen molar-refractivity contribution in [2.75, 3.05) is 66.1 Å². The summed E-state index contributed by atoms with van der Waals surface area (Å²) in [5.41, 5.74) is 2.35. The number of imide groups is 1. The van der Waals surface area contributed by atoms with Crippen LogP contribution in [0.3, 0.4) is 0 Å². The maximum atomic E-state index is 13.5. The van der Waals surface area contributed by atoms with Gasteiger partial charge < -0.3 is 23.8 Å². The van der Waals surface area contributed by atoms with E-state index in [1.54, 1.807) is 13.2 Å². The summed E-state index contributed by atoms with van der Waals surface area (Å²) in [5, 5.41) is 1.67. The molecule has 0 aliphatic carbocycles. The monoisotopic (exact) mass is 700 g/mol. The van der Waals surface area contributed by atoms with Crippen LogP contribution in [0.1, 0.15) is 63.2 Å². The number of hydrogen-bond acceptors (Lipinski definition) is 7. The van der Waals surface area contributed by atoms with Gasteiger partial charge in [-0.3, -0.25) is 24.3 Å².